The summed E-state index contributed by atoms with van der Waals surface area (Å²) >= 11 is 0. The van der Waals surface area contributed by atoms with Crippen molar-refractivity contribution in [1.29, 1.82) is 0 Å². The maximum absolute atomic E-state index is 13.2. The van der Waals surface area contributed by atoms with Gasteiger partial charge in [-0.05, 0) is 36.1 Å². The molecule has 1 unspecified atom stereocenters. The van der Waals surface area contributed by atoms with Crippen LogP contribution >= 0.6 is 0 Å². The second-order valence-electron chi connectivity index (χ2n) is 7.39. The Bertz CT molecular complexity index is 984. The largest absolute Gasteiger partial charge is 0.451 e. The Morgan fingerprint density at radius 1 is 0.781 bits per heavy atom. The monoisotopic (exact) mass is 430 g/mol. The Balaban J connectivity index is 1.81. The Morgan fingerprint density at radius 2 is 1.28 bits per heavy atom. The van der Waals surface area contributed by atoms with Crippen LogP contribution in [0.15, 0.2) is 91.0 Å². The molecule has 0 fully saturated rings. The minimum absolute atomic E-state index is 0.117. The predicted molar refractivity (Wildman–Crippen MR) is 122 cm³/mol. The van der Waals surface area contributed by atoms with Gasteiger partial charge in [0.2, 0.25) is 5.91 Å². The summed E-state index contributed by atoms with van der Waals surface area (Å²) in [6.07, 6.45) is 0.0747. The van der Waals surface area contributed by atoms with Crippen molar-refractivity contribution in [2.75, 3.05) is 0 Å². The quantitative estimate of drug-likeness (QED) is 0.478. The van der Waals surface area contributed by atoms with E-state index in [2.05, 4.69) is 5.32 Å². The van der Waals surface area contributed by atoms with E-state index < -0.39 is 24.0 Å². The van der Waals surface area contributed by atoms with Gasteiger partial charge in [-0.3, -0.25) is 9.59 Å². The third kappa shape index (κ3) is 6.54. The van der Waals surface area contributed by atoms with Crippen LogP contribution in [0, 0.1) is 0 Å². The maximum atomic E-state index is 13.2. The normalized spacial score (nSPS) is 11.5. The number of ether oxygens (including phenoxy) is 1. The molecule has 3 N–H and O–H groups in total. The van der Waals surface area contributed by atoms with Gasteiger partial charge in [-0.25, -0.2) is 4.79 Å². The number of hydrogen-bond acceptors (Lipinski definition) is 4. The maximum Gasteiger partial charge on any atom is 0.329 e. The molecule has 3 rings (SSSR count). The van der Waals surface area contributed by atoms with Crippen LogP contribution in [0.3, 0.4) is 0 Å². The van der Waals surface area contributed by atoms with Crippen LogP contribution in [0.1, 0.15) is 46.9 Å². The molecule has 0 bridgehead atoms. The summed E-state index contributed by atoms with van der Waals surface area (Å²) in [6.45, 7) is 0. The summed E-state index contributed by atoms with van der Waals surface area (Å²) in [7, 11) is 0. The van der Waals surface area contributed by atoms with Crippen LogP contribution in [-0.2, 0) is 14.3 Å². The zero-order valence-corrected chi connectivity index (χ0v) is 17.6. The number of hydrogen-bond donors (Lipinski definition) is 2. The van der Waals surface area contributed by atoms with E-state index in [0.717, 1.165) is 11.1 Å². The molecule has 0 saturated heterocycles. The lowest BCUT2D eigenvalue weighted by Gasteiger charge is -2.23. The fraction of sp³-hybridized carbons (Fsp3) is 0.192. The van der Waals surface area contributed by atoms with Crippen LogP contribution < -0.4 is 11.1 Å². The van der Waals surface area contributed by atoms with Gasteiger partial charge in [-0.15, -0.1) is 0 Å². The number of esters is 1. The predicted octanol–water partition coefficient (Wildman–Crippen LogP) is 3.77. The van der Waals surface area contributed by atoms with E-state index in [0.29, 0.717) is 12.0 Å². The molecule has 0 aromatic heterocycles. The minimum Gasteiger partial charge on any atom is -0.451 e. The van der Waals surface area contributed by atoms with Crippen LogP contribution in [0.5, 0.6) is 0 Å². The fourth-order valence-corrected chi connectivity index (χ4v) is 3.34. The van der Waals surface area contributed by atoms with Crippen LogP contribution in [0.2, 0.25) is 0 Å². The molecule has 3 aromatic carbocycles. The summed E-state index contributed by atoms with van der Waals surface area (Å²) in [6, 6.07) is 26.5. The molecule has 164 valence electrons. The first-order chi connectivity index (χ1) is 15.5. The van der Waals surface area contributed by atoms with Crippen LogP contribution in [-0.4, -0.2) is 23.8 Å². The van der Waals surface area contributed by atoms with Crippen molar-refractivity contribution in [3.8, 4) is 0 Å². The lowest BCUT2D eigenvalue weighted by atomic mass is 10.0. The zero-order valence-electron chi connectivity index (χ0n) is 17.6. The van der Waals surface area contributed by atoms with E-state index in [1.54, 1.807) is 30.3 Å². The molecule has 0 aliphatic carbocycles. The van der Waals surface area contributed by atoms with Gasteiger partial charge in [0.25, 0.3) is 5.91 Å². The van der Waals surface area contributed by atoms with E-state index in [1.165, 1.54) is 0 Å². The van der Waals surface area contributed by atoms with Crippen molar-refractivity contribution in [2.24, 2.45) is 5.73 Å². The SMILES string of the molecule is NC(=O)CCCC(NC(=O)c1ccccc1)C(=O)OC(c1ccccc1)c1ccccc1. The summed E-state index contributed by atoms with van der Waals surface area (Å²) in [4.78, 5) is 37.0. The molecule has 0 aliphatic rings. The molecule has 6 nitrogen and oxygen atoms in total. The van der Waals surface area contributed by atoms with Gasteiger partial charge in [0.15, 0.2) is 6.10 Å². The van der Waals surface area contributed by atoms with Gasteiger partial charge in [0, 0.05) is 12.0 Å². The van der Waals surface area contributed by atoms with Crippen molar-refractivity contribution in [3.63, 3.8) is 0 Å². The van der Waals surface area contributed by atoms with Crippen molar-refractivity contribution < 1.29 is 19.1 Å². The van der Waals surface area contributed by atoms with E-state index in [9.17, 15) is 14.4 Å². The van der Waals surface area contributed by atoms with Crippen molar-refractivity contribution in [1.82, 2.24) is 5.32 Å². The number of primary amides is 1. The van der Waals surface area contributed by atoms with Gasteiger partial charge < -0.3 is 15.8 Å². The smallest absolute Gasteiger partial charge is 0.329 e. The highest BCUT2D eigenvalue weighted by atomic mass is 16.5. The Hall–Kier alpha value is -3.93. The van der Waals surface area contributed by atoms with E-state index in [4.69, 9.17) is 10.5 Å². The highest BCUT2D eigenvalue weighted by Gasteiger charge is 2.27. The van der Waals surface area contributed by atoms with Crippen molar-refractivity contribution in [2.45, 2.75) is 31.4 Å². The summed E-state index contributed by atoms with van der Waals surface area (Å²) in [5.41, 5.74) is 7.30. The molecule has 1 atom stereocenters. The van der Waals surface area contributed by atoms with Gasteiger partial charge >= 0.3 is 5.97 Å². The highest BCUT2D eigenvalue weighted by molar-refractivity contribution is 5.96. The lowest BCUT2D eigenvalue weighted by Crippen LogP contribution is -2.42. The Kier molecular flexibility index (Phi) is 8.15. The third-order valence-electron chi connectivity index (χ3n) is 4.98. The molecule has 3 aromatic rings. The van der Waals surface area contributed by atoms with Gasteiger partial charge in [-0.1, -0.05) is 78.9 Å². The molecule has 0 heterocycles. The summed E-state index contributed by atoms with van der Waals surface area (Å²) < 4.78 is 5.91. The number of carbonyl (C=O) groups is 3. The minimum atomic E-state index is -0.919. The molecule has 0 saturated carbocycles. The molecule has 32 heavy (non-hydrogen) atoms. The Labute approximate surface area is 187 Å². The molecule has 2 amide bonds. The van der Waals surface area contributed by atoms with Crippen LogP contribution in [0.25, 0.3) is 0 Å². The first-order valence-electron chi connectivity index (χ1n) is 10.5. The summed E-state index contributed by atoms with van der Waals surface area (Å²) in [5.74, 6) is -1.42. The average molecular weight is 431 g/mol. The van der Waals surface area contributed by atoms with Gasteiger partial charge in [0.1, 0.15) is 6.04 Å². The molecule has 0 radical (unpaired) electrons. The number of nitrogens with two attached hydrogens (primary N) is 1. The fourth-order valence-electron chi connectivity index (χ4n) is 3.34. The van der Waals surface area contributed by atoms with Gasteiger partial charge in [0.05, 0.1) is 0 Å². The second kappa shape index (κ2) is 11.5. The third-order valence-corrected chi connectivity index (χ3v) is 4.98. The Morgan fingerprint density at radius 3 is 1.78 bits per heavy atom. The number of nitrogens with one attached hydrogen (secondary N) is 1. The van der Waals surface area contributed by atoms with Gasteiger partial charge in [-0.2, -0.15) is 0 Å². The first-order valence-corrected chi connectivity index (χ1v) is 10.5. The second-order valence-corrected chi connectivity index (χ2v) is 7.39. The van der Waals surface area contributed by atoms with Crippen LogP contribution in [0.4, 0.5) is 0 Å². The first kappa shape index (κ1) is 22.7. The molecular formula is C26H26N2O4. The van der Waals surface area contributed by atoms with Crippen molar-refractivity contribution >= 4 is 17.8 Å². The lowest BCUT2D eigenvalue weighted by molar-refractivity contribution is -0.150. The molecule has 6 heteroatoms. The zero-order chi connectivity index (χ0) is 22.8. The molecular weight excluding hydrogens is 404 g/mol. The molecule has 0 spiro atoms. The van der Waals surface area contributed by atoms with E-state index >= 15 is 0 Å². The van der Waals surface area contributed by atoms with Crippen molar-refractivity contribution in [3.05, 3.63) is 108 Å². The number of carbonyl (C=O) groups excluding carboxylic acids is 3. The number of amides is 2. The average Bonchev–Trinajstić information content (AvgIpc) is 2.83. The van der Waals surface area contributed by atoms with E-state index in [1.807, 2.05) is 60.7 Å². The highest BCUT2D eigenvalue weighted by Crippen LogP contribution is 2.26. The standard InChI is InChI=1S/C26H26N2O4/c27-23(29)18-10-17-22(28-25(30)21-15-8-3-9-16-21)26(31)32-24(19-11-4-1-5-12-19)20-13-6-2-7-14-20/h1-9,11-16,22,24H,10,17-18H2,(H2,27,29)(H,28,30). The van der Waals surface area contributed by atoms with E-state index in [-0.39, 0.29) is 18.7 Å². The molecule has 0 aliphatic heterocycles. The number of rotatable bonds is 10. The topological polar surface area (TPSA) is 98.5 Å². The summed E-state index contributed by atoms with van der Waals surface area (Å²) in [5, 5.41) is 2.75. The number of benzene rings is 3.